The van der Waals surface area contributed by atoms with Gasteiger partial charge in [-0.2, -0.15) is 0 Å². The van der Waals surface area contributed by atoms with Crippen molar-refractivity contribution >= 4 is 15.9 Å². The zero-order valence-corrected chi connectivity index (χ0v) is 12.4. The van der Waals surface area contributed by atoms with Gasteiger partial charge in [0.15, 0.2) is 0 Å². The van der Waals surface area contributed by atoms with Crippen molar-refractivity contribution in [3.63, 3.8) is 0 Å². The minimum atomic E-state index is -3.26. The lowest BCUT2D eigenvalue weighted by molar-refractivity contribution is -0.156. The Balaban J connectivity index is 1.62. The van der Waals surface area contributed by atoms with Crippen molar-refractivity contribution in [2.45, 2.75) is 42.6 Å². The first kappa shape index (κ1) is 13.0. The van der Waals surface area contributed by atoms with E-state index in [4.69, 9.17) is 4.74 Å². The highest BCUT2D eigenvalue weighted by Gasteiger charge is 2.65. The number of morpholine rings is 1. The fourth-order valence-corrected chi connectivity index (χ4v) is 6.18. The number of carbonyl (C=O) groups is 1. The number of amides is 1. The average Bonchev–Trinajstić information content (AvgIpc) is 2.66. The van der Waals surface area contributed by atoms with E-state index in [0.29, 0.717) is 26.1 Å². The molecule has 4 aliphatic rings. The molecule has 1 amide bonds. The van der Waals surface area contributed by atoms with Crippen LogP contribution in [0.3, 0.4) is 0 Å². The van der Waals surface area contributed by atoms with Gasteiger partial charge < -0.3 is 9.64 Å². The molecule has 0 unspecified atom stereocenters. The minimum Gasteiger partial charge on any atom is -0.365 e. The van der Waals surface area contributed by atoms with E-state index in [2.05, 4.69) is 0 Å². The Morgan fingerprint density at radius 1 is 1.30 bits per heavy atom. The number of hydrogen-bond donors (Lipinski definition) is 0. The van der Waals surface area contributed by atoms with Gasteiger partial charge in [0.05, 0.1) is 12.6 Å². The SMILES string of the molecule is CN1C[C@]23CN(C(=O)C4CCC4)C[C@@H](C[C@H]2S1(=O)=O)O3. The maximum absolute atomic E-state index is 12.4. The predicted octanol–water partition coefficient (Wildman–Crippen LogP) is -0.200. The van der Waals surface area contributed by atoms with Gasteiger partial charge in [0.2, 0.25) is 15.9 Å². The van der Waals surface area contributed by atoms with Crippen molar-refractivity contribution < 1.29 is 17.9 Å². The van der Waals surface area contributed by atoms with E-state index in [0.717, 1.165) is 19.3 Å². The van der Waals surface area contributed by atoms with Crippen molar-refractivity contribution in [3.05, 3.63) is 0 Å². The summed E-state index contributed by atoms with van der Waals surface area (Å²) in [4.78, 5) is 14.3. The summed E-state index contributed by atoms with van der Waals surface area (Å²) in [5, 5.41) is -0.468. The molecule has 4 fully saturated rings. The van der Waals surface area contributed by atoms with E-state index < -0.39 is 20.9 Å². The van der Waals surface area contributed by atoms with Crippen molar-refractivity contribution in [2.75, 3.05) is 26.7 Å². The van der Waals surface area contributed by atoms with Gasteiger partial charge in [-0.25, -0.2) is 12.7 Å². The smallest absolute Gasteiger partial charge is 0.225 e. The van der Waals surface area contributed by atoms with Crippen LogP contribution >= 0.6 is 0 Å². The van der Waals surface area contributed by atoms with Gasteiger partial charge in [0.25, 0.3) is 0 Å². The van der Waals surface area contributed by atoms with E-state index in [9.17, 15) is 13.2 Å². The predicted molar refractivity (Wildman–Crippen MR) is 71.5 cm³/mol. The van der Waals surface area contributed by atoms with Crippen molar-refractivity contribution in [2.24, 2.45) is 5.92 Å². The summed E-state index contributed by atoms with van der Waals surface area (Å²) in [5.74, 6) is 0.370. The summed E-state index contributed by atoms with van der Waals surface area (Å²) in [6, 6.07) is 0. The maximum Gasteiger partial charge on any atom is 0.225 e. The van der Waals surface area contributed by atoms with Gasteiger partial charge >= 0.3 is 0 Å². The topological polar surface area (TPSA) is 66.9 Å². The summed E-state index contributed by atoms with van der Waals surface area (Å²) < 4.78 is 32.1. The lowest BCUT2D eigenvalue weighted by Crippen LogP contribution is -2.57. The molecule has 6 nitrogen and oxygen atoms in total. The molecule has 2 bridgehead atoms. The largest absolute Gasteiger partial charge is 0.365 e. The van der Waals surface area contributed by atoms with E-state index in [1.165, 1.54) is 4.31 Å². The highest BCUT2D eigenvalue weighted by molar-refractivity contribution is 7.90. The Hall–Kier alpha value is -0.660. The number of fused-ring (bicyclic) bond motifs is 1. The Morgan fingerprint density at radius 2 is 2.05 bits per heavy atom. The van der Waals surface area contributed by atoms with Crippen LogP contribution in [0.2, 0.25) is 0 Å². The van der Waals surface area contributed by atoms with Crippen LogP contribution in [0.15, 0.2) is 0 Å². The quantitative estimate of drug-likeness (QED) is 0.673. The lowest BCUT2D eigenvalue weighted by Gasteiger charge is -2.41. The number of ether oxygens (including phenoxy) is 1. The third kappa shape index (κ3) is 1.57. The van der Waals surface area contributed by atoms with E-state index in [-0.39, 0.29) is 17.9 Å². The van der Waals surface area contributed by atoms with Crippen LogP contribution < -0.4 is 0 Å². The molecule has 0 radical (unpaired) electrons. The number of likely N-dealkylation sites (tertiary alicyclic amines) is 1. The number of sulfonamides is 1. The van der Waals surface area contributed by atoms with Crippen LogP contribution in [0.4, 0.5) is 0 Å². The number of likely N-dealkylation sites (N-methyl/N-ethyl adjacent to an activating group) is 1. The van der Waals surface area contributed by atoms with Gasteiger partial charge in [0, 0.05) is 26.1 Å². The summed E-state index contributed by atoms with van der Waals surface area (Å²) in [6.07, 6.45) is 3.52. The number of carbonyl (C=O) groups excluding carboxylic acids is 1. The van der Waals surface area contributed by atoms with Gasteiger partial charge in [-0.1, -0.05) is 6.42 Å². The summed E-state index contributed by atoms with van der Waals surface area (Å²) in [7, 11) is -1.65. The fraction of sp³-hybridized carbons (Fsp3) is 0.923. The molecule has 3 saturated heterocycles. The summed E-state index contributed by atoms with van der Waals surface area (Å²) >= 11 is 0. The number of hydrogen-bond acceptors (Lipinski definition) is 4. The van der Waals surface area contributed by atoms with Gasteiger partial charge in [-0.15, -0.1) is 0 Å². The highest BCUT2D eigenvalue weighted by Crippen LogP contribution is 2.46. The number of rotatable bonds is 1. The average molecular weight is 300 g/mol. The zero-order valence-electron chi connectivity index (χ0n) is 11.6. The second-order valence-corrected chi connectivity index (χ2v) is 8.90. The molecular formula is C13H20N2O4S. The zero-order chi connectivity index (χ0) is 14.1. The molecule has 0 aromatic heterocycles. The minimum absolute atomic E-state index is 0.110. The van der Waals surface area contributed by atoms with Crippen LogP contribution in [0.25, 0.3) is 0 Å². The van der Waals surface area contributed by atoms with Crippen LogP contribution in [0.5, 0.6) is 0 Å². The summed E-state index contributed by atoms with van der Waals surface area (Å²) in [5.41, 5.74) is -0.685. The molecule has 3 atom stereocenters. The molecule has 4 rings (SSSR count). The molecule has 0 N–H and O–H groups in total. The van der Waals surface area contributed by atoms with Gasteiger partial charge in [0.1, 0.15) is 10.9 Å². The lowest BCUT2D eigenvalue weighted by atomic mass is 9.84. The van der Waals surface area contributed by atoms with Crippen molar-refractivity contribution in [3.8, 4) is 0 Å². The van der Waals surface area contributed by atoms with E-state index >= 15 is 0 Å². The van der Waals surface area contributed by atoms with Crippen LogP contribution in [-0.4, -0.2) is 67.2 Å². The Labute approximate surface area is 119 Å². The standard InChI is InChI=1S/C13H20N2O4S/c1-14-7-13-8-15(12(16)9-3-2-4-9)6-10(19-13)5-11(13)20(14,17)18/h9-11H,2-8H2,1H3/t10-,11-,13+/m1/s1. The van der Waals surface area contributed by atoms with Crippen LogP contribution in [0.1, 0.15) is 25.7 Å². The third-order valence-corrected chi connectivity index (χ3v) is 7.74. The fourth-order valence-electron chi connectivity index (χ4n) is 4.14. The molecule has 1 spiro atoms. The molecule has 0 aromatic rings. The molecule has 0 aromatic carbocycles. The molecule has 1 aliphatic carbocycles. The first-order valence-corrected chi connectivity index (χ1v) is 8.84. The molecule has 7 heteroatoms. The van der Waals surface area contributed by atoms with Crippen molar-refractivity contribution in [1.29, 1.82) is 0 Å². The van der Waals surface area contributed by atoms with E-state index in [1.807, 2.05) is 4.90 Å². The molecule has 20 heavy (non-hydrogen) atoms. The molecule has 112 valence electrons. The van der Waals surface area contributed by atoms with E-state index in [1.54, 1.807) is 7.05 Å². The number of nitrogens with zero attached hydrogens (tertiary/aromatic N) is 2. The van der Waals surface area contributed by atoms with Crippen LogP contribution in [0, 0.1) is 5.92 Å². The Kier molecular flexibility index (Phi) is 2.58. The molecular weight excluding hydrogens is 280 g/mol. The van der Waals surface area contributed by atoms with Gasteiger partial charge in [-0.05, 0) is 19.3 Å². The first-order chi connectivity index (χ1) is 9.42. The maximum atomic E-state index is 12.4. The molecule has 1 saturated carbocycles. The first-order valence-electron chi connectivity index (χ1n) is 7.34. The Bertz CT molecular complexity index is 559. The molecule has 3 aliphatic heterocycles. The highest BCUT2D eigenvalue weighted by atomic mass is 32.2. The monoisotopic (exact) mass is 300 g/mol. The van der Waals surface area contributed by atoms with Crippen LogP contribution in [-0.2, 0) is 19.6 Å². The summed E-state index contributed by atoms with van der Waals surface area (Å²) in [6.45, 7) is 1.38. The molecule has 3 heterocycles. The van der Waals surface area contributed by atoms with Gasteiger partial charge in [-0.3, -0.25) is 4.79 Å². The third-order valence-electron chi connectivity index (χ3n) is 5.40. The normalized spacial score (nSPS) is 43.4. The van der Waals surface area contributed by atoms with Crippen molar-refractivity contribution in [1.82, 2.24) is 9.21 Å². The second kappa shape index (κ2) is 3.96. The Morgan fingerprint density at radius 3 is 2.70 bits per heavy atom. The second-order valence-electron chi connectivity index (χ2n) is 6.68.